The van der Waals surface area contributed by atoms with Gasteiger partial charge in [0.15, 0.2) is 0 Å². The molecule has 1 saturated heterocycles. The maximum absolute atomic E-state index is 13.5. The molecule has 1 heterocycles. The van der Waals surface area contributed by atoms with Crippen molar-refractivity contribution in [2.24, 2.45) is 5.92 Å². The summed E-state index contributed by atoms with van der Waals surface area (Å²) in [6, 6.07) is 1.97. The van der Waals surface area contributed by atoms with Gasteiger partial charge in [0, 0.05) is 6.42 Å². The SMILES string of the molecule is O=C(CCC1CCNC1)Nc1cc(C(F)(F)F)ccc1F. The highest BCUT2D eigenvalue weighted by Gasteiger charge is 2.31. The molecule has 1 aliphatic rings. The Balaban J connectivity index is 1.96. The van der Waals surface area contributed by atoms with Gasteiger partial charge in [-0.05, 0) is 50.0 Å². The topological polar surface area (TPSA) is 41.1 Å². The summed E-state index contributed by atoms with van der Waals surface area (Å²) in [5.41, 5.74) is -1.42. The van der Waals surface area contributed by atoms with Crippen LogP contribution in [0, 0.1) is 11.7 Å². The molecule has 2 N–H and O–H groups in total. The highest BCUT2D eigenvalue weighted by molar-refractivity contribution is 5.90. The molecule has 116 valence electrons. The molecule has 1 amide bonds. The first-order valence-corrected chi connectivity index (χ1v) is 6.73. The Kier molecular flexibility index (Phi) is 4.82. The fourth-order valence-electron chi connectivity index (χ4n) is 2.31. The van der Waals surface area contributed by atoms with Crippen LogP contribution in [0.3, 0.4) is 0 Å². The van der Waals surface area contributed by atoms with E-state index in [0.29, 0.717) is 30.5 Å². The lowest BCUT2D eigenvalue weighted by Gasteiger charge is -2.12. The maximum Gasteiger partial charge on any atom is 0.416 e. The van der Waals surface area contributed by atoms with E-state index >= 15 is 0 Å². The van der Waals surface area contributed by atoms with E-state index in [0.717, 1.165) is 19.5 Å². The van der Waals surface area contributed by atoms with Gasteiger partial charge in [0.2, 0.25) is 5.91 Å². The van der Waals surface area contributed by atoms with Crippen molar-refractivity contribution in [1.29, 1.82) is 0 Å². The molecule has 0 saturated carbocycles. The van der Waals surface area contributed by atoms with E-state index in [1.807, 2.05) is 0 Å². The van der Waals surface area contributed by atoms with Crippen molar-refractivity contribution in [2.75, 3.05) is 18.4 Å². The Morgan fingerprint density at radius 3 is 2.76 bits per heavy atom. The number of amides is 1. The molecule has 0 radical (unpaired) electrons. The Hall–Kier alpha value is -1.63. The van der Waals surface area contributed by atoms with Crippen molar-refractivity contribution in [3.63, 3.8) is 0 Å². The van der Waals surface area contributed by atoms with Crippen molar-refractivity contribution >= 4 is 11.6 Å². The van der Waals surface area contributed by atoms with Crippen LogP contribution in [0.5, 0.6) is 0 Å². The summed E-state index contributed by atoms with van der Waals surface area (Å²) in [4.78, 5) is 11.7. The van der Waals surface area contributed by atoms with Crippen LogP contribution in [-0.2, 0) is 11.0 Å². The van der Waals surface area contributed by atoms with Gasteiger partial charge in [-0.15, -0.1) is 0 Å². The molecule has 0 aromatic heterocycles. The van der Waals surface area contributed by atoms with Crippen molar-refractivity contribution in [3.05, 3.63) is 29.6 Å². The van der Waals surface area contributed by atoms with Gasteiger partial charge in [-0.3, -0.25) is 4.79 Å². The van der Waals surface area contributed by atoms with Crippen molar-refractivity contribution in [2.45, 2.75) is 25.4 Å². The molecule has 7 heteroatoms. The first-order chi connectivity index (χ1) is 9.86. The standard InChI is InChI=1S/C14H16F4N2O/c15-11-3-2-10(14(16,17)18)7-12(11)20-13(21)4-1-9-5-6-19-8-9/h2-3,7,9,19H,1,4-6,8H2,(H,20,21). The predicted molar refractivity (Wildman–Crippen MR) is 70.2 cm³/mol. The van der Waals surface area contributed by atoms with Gasteiger partial charge in [-0.2, -0.15) is 13.2 Å². The van der Waals surface area contributed by atoms with Crippen LogP contribution in [0.2, 0.25) is 0 Å². The van der Waals surface area contributed by atoms with Crippen LogP contribution in [0.15, 0.2) is 18.2 Å². The summed E-state index contributed by atoms with van der Waals surface area (Å²) in [6.45, 7) is 1.75. The highest BCUT2D eigenvalue weighted by Crippen LogP contribution is 2.31. The summed E-state index contributed by atoms with van der Waals surface area (Å²) in [6.07, 6.45) is -2.78. The molecule has 1 fully saturated rings. The first-order valence-electron chi connectivity index (χ1n) is 6.73. The van der Waals surface area contributed by atoms with Gasteiger partial charge in [0.25, 0.3) is 0 Å². The van der Waals surface area contributed by atoms with E-state index in [1.54, 1.807) is 0 Å². The van der Waals surface area contributed by atoms with E-state index in [2.05, 4.69) is 10.6 Å². The highest BCUT2D eigenvalue weighted by atomic mass is 19.4. The molecule has 1 aromatic rings. The van der Waals surface area contributed by atoms with Crippen molar-refractivity contribution in [3.8, 4) is 0 Å². The van der Waals surface area contributed by atoms with E-state index in [9.17, 15) is 22.4 Å². The smallest absolute Gasteiger partial charge is 0.324 e. The Morgan fingerprint density at radius 2 is 2.14 bits per heavy atom. The second-order valence-corrected chi connectivity index (χ2v) is 5.14. The normalized spacial score (nSPS) is 18.8. The van der Waals surface area contributed by atoms with E-state index < -0.39 is 29.2 Å². The molecule has 0 spiro atoms. The molecule has 21 heavy (non-hydrogen) atoms. The number of nitrogens with one attached hydrogen (secondary N) is 2. The Labute approximate surface area is 119 Å². The van der Waals surface area contributed by atoms with Crippen LogP contribution in [0.1, 0.15) is 24.8 Å². The minimum atomic E-state index is -4.57. The Bertz CT molecular complexity index is 510. The van der Waals surface area contributed by atoms with Gasteiger partial charge >= 0.3 is 6.18 Å². The molecule has 1 unspecified atom stereocenters. The zero-order chi connectivity index (χ0) is 15.5. The predicted octanol–water partition coefficient (Wildman–Crippen LogP) is 3.17. The van der Waals surface area contributed by atoms with E-state index in [4.69, 9.17) is 0 Å². The third-order valence-electron chi connectivity index (χ3n) is 3.51. The number of alkyl halides is 3. The molecule has 3 nitrogen and oxygen atoms in total. The lowest BCUT2D eigenvalue weighted by Crippen LogP contribution is -2.16. The number of halogens is 4. The average Bonchev–Trinajstić information content (AvgIpc) is 2.91. The zero-order valence-corrected chi connectivity index (χ0v) is 11.3. The van der Waals surface area contributed by atoms with Gasteiger partial charge in [-0.25, -0.2) is 4.39 Å². The number of rotatable bonds is 4. The summed E-state index contributed by atoms with van der Waals surface area (Å²) in [7, 11) is 0. The lowest BCUT2D eigenvalue weighted by molar-refractivity contribution is -0.137. The molecule has 1 atom stereocenters. The number of hydrogen-bond acceptors (Lipinski definition) is 2. The molecular formula is C14H16F4N2O. The van der Waals surface area contributed by atoms with Gasteiger partial charge in [-0.1, -0.05) is 0 Å². The van der Waals surface area contributed by atoms with Crippen molar-refractivity contribution in [1.82, 2.24) is 5.32 Å². The summed E-state index contributed by atoms with van der Waals surface area (Å²) in [5, 5.41) is 5.37. The van der Waals surface area contributed by atoms with Crippen LogP contribution in [-0.4, -0.2) is 19.0 Å². The second-order valence-electron chi connectivity index (χ2n) is 5.14. The van der Waals surface area contributed by atoms with Crippen LogP contribution in [0.4, 0.5) is 23.2 Å². The first kappa shape index (κ1) is 15.8. The lowest BCUT2D eigenvalue weighted by atomic mass is 10.0. The van der Waals surface area contributed by atoms with Crippen LogP contribution >= 0.6 is 0 Å². The number of anilines is 1. The second kappa shape index (κ2) is 6.43. The molecule has 0 aliphatic carbocycles. The van der Waals surface area contributed by atoms with Gasteiger partial charge in [0.05, 0.1) is 11.3 Å². The monoisotopic (exact) mass is 304 g/mol. The Morgan fingerprint density at radius 1 is 1.38 bits per heavy atom. The van der Waals surface area contributed by atoms with Crippen molar-refractivity contribution < 1.29 is 22.4 Å². The fourth-order valence-corrected chi connectivity index (χ4v) is 2.31. The van der Waals surface area contributed by atoms with E-state index in [-0.39, 0.29) is 6.42 Å². The third kappa shape index (κ3) is 4.42. The van der Waals surface area contributed by atoms with Crippen LogP contribution in [0.25, 0.3) is 0 Å². The summed E-state index contributed by atoms with van der Waals surface area (Å²) < 4.78 is 51.1. The number of hydrogen-bond donors (Lipinski definition) is 2. The zero-order valence-electron chi connectivity index (χ0n) is 11.3. The minimum absolute atomic E-state index is 0.169. The molecule has 1 aliphatic heterocycles. The minimum Gasteiger partial charge on any atom is -0.324 e. The maximum atomic E-state index is 13.5. The average molecular weight is 304 g/mol. The number of carbonyl (C=O) groups excluding carboxylic acids is 1. The van der Waals surface area contributed by atoms with Crippen LogP contribution < -0.4 is 10.6 Å². The quantitative estimate of drug-likeness (QED) is 0.839. The van der Waals surface area contributed by atoms with E-state index in [1.165, 1.54) is 0 Å². The molecular weight excluding hydrogens is 288 g/mol. The summed E-state index contributed by atoms with van der Waals surface area (Å²) >= 11 is 0. The largest absolute Gasteiger partial charge is 0.416 e. The summed E-state index contributed by atoms with van der Waals surface area (Å²) in [5.74, 6) is -0.957. The number of carbonyl (C=O) groups is 1. The van der Waals surface area contributed by atoms with Gasteiger partial charge in [0.1, 0.15) is 5.82 Å². The number of benzene rings is 1. The fraction of sp³-hybridized carbons (Fsp3) is 0.500. The van der Waals surface area contributed by atoms with Gasteiger partial charge < -0.3 is 10.6 Å². The third-order valence-corrected chi connectivity index (χ3v) is 3.51. The molecule has 0 bridgehead atoms. The molecule has 1 aromatic carbocycles. The molecule has 2 rings (SSSR count).